The number of aromatic nitrogens is 2. The molecule has 0 saturated carbocycles. The van der Waals surface area contributed by atoms with E-state index in [1.54, 1.807) is 7.11 Å². The molecule has 17 heavy (non-hydrogen) atoms. The van der Waals surface area contributed by atoms with E-state index >= 15 is 0 Å². The SMILES string of the molecule is COCCCNc1nccn1CCC(C)SC. The Morgan fingerprint density at radius 1 is 1.59 bits per heavy atom. The fourth-order valence-electron chi connectivity index (χ4n) is 1.51. The summed E-state index contributed by atoms with van der Waals surface area (Å²) < 4.78 is 7.20. The van der Waals surface area contributed by atoms with E-state index < -0.39 is 0 Å². The summed E-state index contributed by atoms with van der Waals surface area (Å²) in [6.07, 6.45) is 8.21. The Morgan fingerprint density at radius 2 is 2.41 bits per heavy atom. The van der Waals surface area contributed by atoms with Gasteiger partial charge in [0.05, 0.1) is 0 Å². The highest BCUT2D eigenvalue weighted by Gasteiger charge is 2.04. The lowest BCUT2D eigenvalue weighted by molar-refractivity contribution is 0.197. The maximum Gasteiger partial charge on any atom is 0.202 e. The zero-order chi connectivity index (χ0) is 12.5. The number of aryl methyl sites for hydroxylation is 1. The minimum absolute atomic E-state index is 0.693. The van der Waals surface area contributed by atoms with Crippen LogP contribution < -0.4 is 5.32 Å². The molecule has 1 aromatic rings. The Bertz CT molecular complexity index is 304. The standard InChI is InChI=1S/C12H23N3OS/c1-11(17-3)5-8-15-9-7-14-12(15)13-6-4-10-16-2/h7,9,11H,4-6,8,10H2,1-3H3,(H,13,14). The summed E-state index contributed by atoms with van der Waals surface area (Å²) in [6.45, 7) is 4.97. The largest absolute Gasteiger partial charge is 0.385 e. The molecular weight excluding hydrogens is 234 g/mol. The average molecular weight is 257 g/mol. The second-order valence-electron chi connectivity index (χ2n) is 4.05. The van der Waals surface area contributed by atoms with Crippen molar-refractivity contribution in [1.82, 2.24) is 9.55 Å². The van der Waals surface area contributed by atoms with Gasteiger partial charge in [-0.3, -0.25) is 0 Å². The van der Waals surface area contributed by atoms with E-state index in [9.17, 15) is 0 Å². The first-order chi connectivity index (χ1) is 8.27. The highest BCUT2D eigenvalue weighted by atomic mass is 32.2. The summed E-state index contributed by atoms with van der Waals surface area (Å²) in [7, 11) is 1.73. The Kier molecular flexibility index (Phi) is 7.12. The number of hydrogen-bond donors (Lipinski definition) is 1. The van der Waals surface area contributed by atoms with Crippen LogP contribution in [0.3, 0.4) is 0 Å². The number of imidazole rings is 1. The average Bonchev–Trinajstić information content (AvgIpc) is 2.79. The third kappa shape index (κ3) is 5.46. The number of ether oxygens (including phenoxy) is 1. The van der Waals surface area contributed by atoms with Crippen molar-refractivity contribution in [3.8, 4) is 0 Å². The van der Waals surface area contributed by atoms with Gasteiger partial charge in [0, 0.05) is 44.4 Å². The maximum absolute atomic E-state index is 5.02. The number of nitrogens with one attached hydrogen (secondary N) is 1. The van der Waals surface area contributed by atoms with E-state index in [1.165, 1.54) is 6.42 Å². The zero-order valence-electron chi connectivity index (χ0n) is 11.0. The van der Waals surface area contributed by atoms with Crippen molar-refractivity contribution in [3.63, 3.8) is 0 Å². The van der Waals surface area contributed by atoms with Crippen LogP contribution in [0.15, 0.2) is 12.4 Å². The number of hydrogen-bond acceptors (Lipinski definition) is 4. The van der Waals surface area contributed by atoms with E-state index in [1.807, 2.05) is 24.2 Å². The summed E-state index contributed by atoms with van der Waals surface area (Å²) in [6, 6.07) is 0. The summed E-state index contributed by atoms with van der Waals surface area (Å²) in [4.78, 5) is 4.32. The first kappa shape index (κ1) is 14.4. The normalized spacial score (nSPS) is 12.6. The molecule has 0 amide bonds. The fourth-order valence-corrected chi connectivity index (χ4v) is 1.85. The van der Waals surface area contributed by atoms with E-state index in [0.29, 0.717) is 5.25 Å². The van der Waals surface area contributed by atoms with Gasteiger partial charge in [-0.05, 0) is 19.1 Å². The molecule has 0 aromatic carbocycles. The number of methoxy groups -OCH3 is 1. The molecule has 1 heterocycles. The summed E-state index contributed by atoms with van der Waals surface area (Å²) in [5.74, 6) is 0.967. The number of thioether (sulfide) groups is 1. The number of anilines is 1. The molecule has 1 aromatic heterocycles. The van der Waals surface area contributed by atoms with Crippen molar-refractivity contribution in [3.05, 3.63) is 12.4 Å². The second kappa shape index (κ2) is 8.42. The van der Waals surface area contributed by atoms with Gasteiger partial charge in [-0.2, -0.15) is 11.8 Å². The molecule has 0 aliphatic heterocycles. The Labute approximate surface area is 108 Å². The van der Waals surface area contributed by atoms with Crippen LogP contribution in [-0.2, 0) is 11.3 Å². The molecule has 0 aliphatic rings. The summed E-state index contributed by atoms with van der Waals surface area (Å²) in [5.41, 5.74) is 0. The van der Waals surface area contributed by atoms with Crippen molar-refractivity contribution < 1.29 is 4.74 Å². The second-order valence-corrected chi connectivity index (χ2v) is 5.33. The van der Waals surface area contributed by atoms with Crippen molar-refractivity contribution in [2.75, 3.05) is 31.8 Å². The van der Waals surface area contributed by atoms with E-state index in [0.717, 1.165) is 32.1 Å². The zero-order valence-corrected chi connectivity index (χ0v) is 11.8. The molecule has 1 rings (SSSR count). The monoisotopic (exact) mass is 257 g/mol. The minimum atomic E-state index is 0.693. The van der Waals surface area contributed by atoms with Gasteiger partial charge >= 0.3 is 0 Å². The first-order valence-electron chi connectivity index (χ1n) is 6.04. The Balaban J connectivity index is 2.32. The van der Waals surface area contributed by atoms with Crippen LogP contribution in [0.5, 0.6) is 0 Å². The molecule has 5 heteroatoms. The first-order valence-corrected chi connectivity index (χ1v) is 7.33. The maximum atomic E-state index is 5.02. The molecule has 1 N–H and O–H groups in total. The van der Waals surface area contributed by atoms with Gasteiger partial charge in [0.2, 0.25) is 5.95 Å². The molecular formula is C12H23N3OS. The van der Waals surface area contributed by atoms with Crippen molar-refractivity contribution in [2.24, 2.45) is 0 Å². The minimum Gasteiger partial charge on any atom is -0.385 e. The van der Waals surface area contributed by atoms with Crippen molar-refractivity contribution in [2.45, 2.75) is 31.6 Å². The van der Waals surface area contributed by atoms with Crippen LogP contribution in [-0.4, -0.2) is 41.3 Å². The predicted molar refractivity (Wildman–Crippen MR) is 74.8 cm³/mol. The van der Waals surface area contributed by atoms with Gasteiger partial charge in [-0.1, -0.05) is 6.92 Å². The highest BCUT2D eigenvalue weighted by Crippen LogP contribution is 2.13. The molecule has 1 unspecified atom stereocenters. The van der Waals surface area contributed by atoms with Crippen LogP contribution in [0.1, 0.15) is 19.8 Å². The summed E-state index contributed by atoms with van der Waals surface area (Å²) in [5, 5.41) is 4.03. The van der Waals surface area contributed by atoms with Gasteiger partial charge in [0.1, 0.15) is 0 Å². The quantitative estimate of drug-likeness (QED) is 0.690. The fraction of sp³-hybridized carbons (Fsp3) is 0.750. The number of nitrogens with zero attached hydrogens (tertiary/aromatic N) is 2. The molecule has 0 aliphatic carbocycles. The third-order valence-corrected chi connectivity index (χ3v) is 3.74. The van der Waals surface area contributed by atoms with Gasteiger partial charge in [0.15, 0.2) is 0 Å². The van der Waals surface area contributed by atoms with Gasteiger partial charge in [-0.15, -0.1) is 0 Å². The predicted octanol–water partition coefficient (Wildman–Crippen LogP) is 2.47. The molecule has 0 bridgehead atoms. The van der Waals surface area contributed by atoms with Crippen LogP contribution >= 0.6 is 11.8 Å². The molecule has 0 radical (unpaired) electrons. The van der Waals surface area contributed by atoms with Gasteiger partial charge in [0.25, 0.3) is 0 Å². The van der Waals surface area contributed by atoms with Crippen molar-refractivity contribution >= 4 is 17.7 Å². The van der Waals surface area contributed by atoms with E-state index in [2.05, 4.69) is 28.0 Å². The molecule has 0 saturated heterocycles. The van der Waals surface area contributed by atoms with Crippen LogP contribution in [0, 0.1) is 0 Å². The van der Waals surface area contributed by atoms with Gasteiger partial charge < -0.3 is 14.6 Å². The highest BCUT2D eigenvalue weighted by molar-refractivity contribution is 7.99. The molecule has 0 fully saturated rings. The molecule has 4 nitrogen and oxygen atoms in total. The Morgan fingerprint density at radius 3 is 3.12 bits per heavy atom. The lowest BCUT2D eigenvalue weighted by Gasteiger charge is -2.12. The van der Waals surface area contributed by atoms with Crippen LogP contribution in [0.25, 0.3) is 0 Å². The topological polar surface area (TPSA) is 39.1 Å². The molecule has 98 valence electrons. The number of rotatable bonds is 9. The van der Waals surface area contributed by atoms with E-state index in [-0.39, 0.29) is 0 Å². The molecule has 1 atom stereocenters. The molecule has 0 spiro atoms. The van der Waals surface area contributed by atoms with Crippen molar-refractivity contribution in [1.29, 1.82) is 0 Å². The third-order valence-electron chi connectivity index (χ3n) is 2.70. The van der Waals surface area contributed by atoms with Crippen LogP contribution in [0.2, 0.25) is 0 Å². The smallest absolute Gasteiger partial charge is 0.202 e. The van der Waals surface area contributed by atoms with Gasteiger partial charge in [-0.25, -0.2) is 4.98 Å². The van der Waals surface area contributed by atoms with Crippen LogP contribution in [0.4, 0.5) is 5.95 Å². The summed E-state index contributed by atoms with van der Waals surface area (Å²) >= 11 is 1.91. The van der Waals surface area contributed by atoms with E-state index in [4.69, 9.17) is 4.74 Å². The lowest BCUT2D eigenvalue weighted by atomic mass is 10.3. The lowest BCUT2D eigenvalue weighted by Crippen LogP contribution is -2.11. The Hall–Kier alpha value is -0.680.